The van der Waals surface area contributed by atoms with Gasteiger partial charge < -0.3 is 9.73 Å². The van der Waals surface area contributed by atoms with Crippen LogP contribution in [-0.2, 0) is 9.84 Å². The zero-order valence-electron chi connectivity index (χ0n) is 12.4. The third-order valence-corrected chi connectivity index (χ3v) is 6.18. The van der Waals surface area contributed by atoms with Crippen molar-refractivity contribution in [2.75, 3.05) is 11.9 Å². The molecule has 0 atom stereocenters. The van der Waals surface area contributed by atoms with Crippen LogP contribution in [0.4, 0.5) is 5.88 Å². The van der Waals surface area contributed by atoms with Crippen LogP contribution < -0.4 is 5.32 Å². The van der Waals surface area contributed by atoms with Crippen LogP contribution in [0.15, 0.2) is 73.2 Å². The van der Waals surface area contributed by atoms with Gasteiger partial charge >= 0.3 is 0 Å². The number of rotatable bonds is 6. The number of hydrogen-bond donors (Lipinski definition) is 1. The molecular weight excluding hydrogens is 412 g/mol. The highest BCUT2D eigenvalue weighted by molar-refractivity contribution is 9.10. The normalized spacial score (nSPS) is 11.4. The van der Waals surface area contributed by atoms with Crippen molar-refractivity contribution >= 4 is 43.0 Å². The molecule has 3 rings (SSSR count). The summed E-state index contributed by atoms with van der Waals surface area (Å²) in [6.07, 6.45) is 1.61. The topological polar surface area (TPSA) is 72.2 Å². The Balaban J connectivity index is 2.10. The van der Waals surface area contributed by atoms with E-state index in [-0.39, 0.29) is 21.7 Å². The van der Waals surface area contributed by atoms with Gasteiger partial charge in [0, 0.05) is 11.0 Å². The van der Waals surface area contributed by atoms with Gasteiger partial charge in [0.15, 0.2) is 0 Å². The predicted octanol–water partition coefficient (Wildman–Crippen LogP) is 4.60. The van der Waals surface area contributed by atoms with Gasteiger partial charge in [-0.15, -0.1) is 17.9 Å². The molecule has 0 radical (unpaired) electrons. The standard InChI is InChI=1S/C16H13BrN2O3S2/c1-2-9-18-15-16(19-14(22-15)13-4-3-10-23-13)24(20,21)12-7-5-11(17)6-8-12/h2-8,10,18H,1,9H2. The number of aromatic nitrogens is 1. The lowest BCUT2D eigenvalue weighted by Crippen LogP contribution is -2.07. The lowest BCUT2D eigenvalue weighted by atomic mass is 10.4. The smallest absolute Gasteiger partial charge is 0.240 e. The minimum Gasteiger partial charge on any atom is -0.418 e. The molecule has 8 heteroatoms. The minimum absolute atomic E-state index is 0.112. The molecule has 0 amide bonds. The highest BCUT2D eigenvalue weighted by Crippen LogP contribution is 2.34. The van der Waals surface area contributed by atoms with Gasteiger partial charge in [0.1, 0.15) is 0 Å². The van der Waals surface area contributed by atoms with Crippen LogP contribution >= 0.6 is 27.3 Å². The maximum absolute atomic E-state index is 12.9. The number of thiophene rings is 1. The van der Waals surface area contributed by atoms with E-state index in [1.807, 2.05) is 17.5 Å². The first-order valence-corrected chi connectivity index (χ1v) is 10.1. The third kappa shape index (κ3) is 3.31. The molecule has 124 valence electrons. The number of hydrogen-bond acceptors (Lipinski definition) is 6. The number of halogens is 1. The van der Waals surface area contributed by atoms with E-state index in [0.29, 0.717) is 6.54 Å². The molecule has 0 aliphatic rings. The largest absolute Gasteiger partial charge is 0.418 e. The van der Waals surface area contributed by atoms with E-state index in [2.05, 4.69) is 32.8 Å². The number of nitrogens with zero attached hydrogens (tertiary/aromatic N) is 1. The molecule has 0 saturated heterocycles. The number of anilines is 1. The highest BCUT2D eigenvalue weighted by Gasteiger charge is 2.28. The molecule has 2 aromatic heterocycles. The maximum atomic E-state index is 12.9. The molecule has 2 heterocycles. The molecule has 3 aromatic rings. The number of oxazole rings is 1. The molecule has 0 spiro atoms. The van der Waals surface area contributed by atoms with Gasteiger partial charge in [-0.1, -0.05) is 28.1 Å². The lowest BCUT2D eigenvalue weighted by Gasteiger charge is -2.04. The van der Waals surface area contributed by atoms with E-state index in [0.717, 1.165) is 9.35 Å². The van der Waals surface area contributed by atoms with Crippen LogP contribution in [0, 0.1) is 0 Å². The van der Waals surface area contributed by atoms with E-state index in [4.69, 9.17) is 4.42 Å². The van der Waals surface area contributed by atoms with E-state index < -0.39 is 9.84 Å². The molecule has 0 unspecified atom stereocenters. The summed E-state index contributed by atoms with van der Waals surface area (Å²) < 4.78 is 32.3. The van der Waals surface area contributed by atoms with Crippen LogP contribution in [0.2, 0.25) is 0 Å². The van der Waals surface area contributed by atoms with Crippen LogP contribution in [0.3, 0.4) is 0 Å². The highest BCUT2D eigenvalue weighted by atomic mass is 79.9. The summed E-state index contributed by atoms with van der Waals surface area (Å²) in [7, 11) is -3.80. The molecule has 0 aliphatic carbocycles. The summed E-state index contributed by atoms with van der Waals surface area (Å²) in [5.41, 5.74) is 0. The predicted molar refractivity (Wildman–Crippen MR) is 98.1 cm³/mol. The Morgan fingerprint density at radius 3 is 2.67 bits per heavy atom. The second-order valence-electron chi connectivity index (χ2n) is 4.76. The Morgan fingerprint density at radius 1 is 1.29 bits per heavy atom. The van der Waals surface area contributed by atoms with Crippen molar-refractivity contribution < 1.29 is 12.8 Å². The van der Waals surface area contributed by atoms with Crippen molar-refractivity contribution in [2.45, 2.75) is 9.92 Å². The SMILES string of the molecule is C=CCNc1oc(-c2cccs2)nc1S(=O)(=O)c1ccc(Br)cc1. The summed E-state index contributed by atoms with van der Waals surface area (Å²) in [6, 6.07) is 10.1. The maximum Gasteiger partial charge on any atom is 0.240 e. The second kappa shape index (κ2) is 6.92. The summed E-state index contributed by atoms with van der Waals surface area (Å²) in [6.45, 7) is 3.98. The van der Waals surface area contributed by atoms with Gasteiger partial charge in [0.25, 0.3) is 0 Å². The molecule has 0 aliphatic heterocycles. The summed E-state index contributed by atoms with van der Waals surface area (Å²) in [4.78, 5) is 5.13. The van der Waals surface area contributed by atoms with Gasteiger partial charge in [-0.3, -0.25) is 0 Å². The fraction of sp³-hybridized carbons (Fsp3) is 0.0625. The van der Waals surface area contributed by atoms with Crippen LogP contribution in [0.25, 0.3) is 10.8 Å². The van der Waals surface area contributed by atoms with Crippen molar-refractivity contribution in [3.63, 3.8) is 0 Å². The molecule has 1 aromatic carbocycles. The molecule has 1 N–H and O–H groups in total. The van der Waals surface area contributed by atoms with Crippen LogP contribution in [0.1, 0.15) is 0 Å². The van der Waals surface area contributed by atoms with Crippen LogP contribution in [0.5, 0.6) is 0 Å². The van der Waals surface area contributed by atoms with Crippen LogP contribution in [-0.4, -0.2) is 19.9 Å². The van der Waals surface area contributed by atoms with Crippen molar-refractivity contribution in [1.29, 1.82) is 0 Å². The van der Waals surface area contributed by atoms with Gasteiger partial charge in [-0.05, 0) is 35.7 Å². The van der Waals surface area contributed by atoms with Gasteiger partial charge in [-0.2, -0.15) is 4.98 Å². The zero-order valence-corrected chi connectivity index (χ0v) is 15.6. The van der Waals surface area contributed by atoms with Gasteiger partial charge in [0.2, 0.25) is 26.6 Å². The quantitative estimate of drug-likeness (QED) is 0.585. The van der Waals surface area contributed by atoms with Gasteiger partial charge in [-0.25, -0.2) is 8.42 Å². The molecule has 5 nitrogen and oxygen atoms in total. The van der Waals surface area contributed by atoms with Crippen molar-refractivity contribution in [2.24, 2.45) is 0 Å². The Bertz CT molecular complexity index is 946. The fourth-order valence-electron chi connectivity index (χ4n) is 2.00. The first-order chi connectivity index (χ1) is 11.5. The molecule has 24 heavy (non-hydrogen) atoms. The fourth-order valence-corrected chi connectivity index (χ4v) is 4.19. The minimum atomic E-state index is -3.80. The Labute approximate surface area is 152 Å². The molecule has 0 saturated carbocycles. The monoisotopic (exact) mass is 424 g/mol. The molecule has 0 fully saturated rings. The Kier molecular flexibility index (Phi) is 4.88. The number of benzene rings is 1. The van der Waals surface area contributed by atoms with E-state index in [9.17, 15) is 8.42 Å². The van der Waals surface area contributed by atoms with E-state index >= 15 is 0 Å². The Hall–Kier alpha value is -1.90. The summed E-state index contributed by atoms with van der Waals surface area (Å²) in [5, 5.41) is 4.65. The van der Waals surface area contributed by atoms with Gasteiger partial charge in [0.05, 0.1) is 9.77 Å². The summed E-state index contributed by atoms with van der Waals surface area (Å²) >= 11 is 4.72. The average Bonchev–Trinajstić information content (AvgIpc) is 3.22. The second-order valence-corrected chi connectivity index (χ2v) is 8.49. The lowest BCUT2D eigenvalue weighted by molar-refractivity contribution is 0.580. The van der Waals surface area contributed by atoms with Crippen molar-refractivity contribution in [3.05, 3.63) is 58.9 Å². The summed E-state index contributed by atoms with van der Waals surface area (Å²) in [5.74, 6) is 0.383. The number of nitrogens with one attached hydrogen (secondary N) is 1. The Morgan fingerprint density at radius 2 is 2.04 bits per heavy atom. The first-order valence-electron chi connectivity index (χ1n) is 6.92. The zero-order chi connectivity index (χ0) is 17.2. The van der Waals surface area contributed by atoms with Crippen molar-refractivity contribution in [3.8, 4) is 10.8 Å². The molecule has 0 bridgehead atoms. The molecular formula is C16H13BrN2O3S2. The van der Waals surface area contributed by atoms with Crippen molar-refractivity contribution in [1.82, 2.24) is 4.98 Å². The third-order valence-electron chi connectivity index (χ3n) is 3.11. The van der Waals surface area contributed by atoms with E-state index in [1.54, 1.807) is 18.2 Å². The van der Waals surface area contributed by atoms with E-state index in [1.165, 1.54) is 23.5 Å². The average molecular weight is 425 g/mol. The number of sulfone groups is 1. The first kappa shape index (κ1) is 16.9.